The van der Waals surface area contributed by atoms with Crippen LogP contribution in [0.4, 0.5) is 0 Å². The molecule has 164 valence electrons. The zero-order valence-electron chi connectivity index (χ0n) is 17.6. The van der Waals surface area contributed by atoms with Gasteiger partial charge < -0.3 is 14.4 Å². The van der Waals surface area contributed by atoms with Gasteiger partial charge in [0.15, 0.2) is 5.16 Å². The van der Waals surface area contributed by atoms with Crippen LogP contribution in [0.25, 0.3) is 10.9 Å². The fourth-order valence-electron chi connectivity index (χ4n) is 3.25. The molecule has 0 N–H and O–H groups in total. The van der Waals surface area contributed by atoms with Crippen LogP contribution >= 0.6 is 23.4 Å². The highest BCUT2D eigenvalue weighted by atomic mass is 35.5. The number of carbonyl (C=O) groups excluding carboxylic acids is 1. The first-order valence-electron chi connectivity index (χ1n) is 10.2. The van der Waals surface area contributed by atoms with Crippen LogP contribution in [0.15, 0.2) is 28.2 Å². The van der Waals surface area contributed by atoms with Crippen molar-refractivity contribution in [2.24, 2.45) is 0 Å². The molecule has 9 heteroatoms. The molecule has 3 rings (SSSR count). The maximum Gasteiger partial charge on any atom is 0.262 e. The monoisotopic (exact) mass is 453 g/mol. The van der Waals surface area contributed by atoms with E-state index in [9.17, 15) is 9.59 Å². The van der Waals surface area contributed by atoms with E-state index in [4.69, 9.17) is 21.1 Å². The molecule has 1 aliphatic heterocycles. The van der Waals surface area contributed by atoms with Crippen LogP contribution in [0.1, 0.15) is 27.2 Å². The number of benzene rings is 1. The maximum absolute atomic E-state index is 13.2. The summed E-state index contributed by atoms with van der Waals surface area (Å²) in [5.41, 5.74) is 0.408. The average Bonchev–Trinajstić information content (AvgIpc) is 2.72. The number of hydrogen-bond donors (Lipinski definition) is 0. The Hall–Kier alpha value is -1.61. The lowest BCUT2D eigenvalue weighted by Crippen LogP contribution is -2.44. The molecule has 2 aromatic rings. The summed E-state index contributed by atoms with van der Waals surface area (Å²) < 4.78 is 12.6. The van der Waals surface area contributed by atoms with Crippen molar-refractivity contribution in [3.63, 3.8) is 0 Å². The molecule has 1 amide bonds. The van der Waals surface area contributed by atoms with E-state index in [2.05, 4.69) is 4.98 Å². The number of halogens is 1. The van der Waals surface area contributed by atoms with Crippen LogP contribution in [-0.2, 0) is 20.8 Å². The molecule has 1 aromatic heterocycles. The number of hydrogen-bond acceptors (Lipinski definition) is 6. The topological polar surface area (TPSA) is 73.7 Å². The first-order chi connectivity index (χ1) is 14.4. The number of amides is 1. The van der Waals surface area contributed by atoms with Gasteiger partial charge in [-0.1, -0.05) is 23.4 Å². The SMILES string of the molecule is CC(C)OCCCn1c(SC(C)C(=O)N2CCOCC2)nc2cc(Cl)ccc2c1=O. The summed E-state index contributed by atoms with van der Waals surface area (Å²) in [7, 11) is 0. The minimum Gasteiger partial charge on any atom is -0.379 e. The van der Waals surface area contributed by atoms with Crippen molar-refractivity contribution in [1.29, 1.82) is 0 Å². The van der Waals surface area contributed by atoms with E-state index in [0.29, 0.717) is 67.0 Å². The summed E-state index contributed by atoms with van der Waals surface area (Å²) in [6.45, 7) is 9.11. The third-order valence-electron chi connectivity index (χ3n) is 4.81. The molecule has 1 aliphatic rings. The van der Waals surface area contributed by atoms with Gasteiger partial charge in [-0.2, -0.15) is 0 Å². The number of rotatable bonds is 8. The van der Waals surface area contributed by atoms with Gasteiger partial charge in [0.05, 0.1) is 35.5 Å². The highest BCUT2D eigenvalue weighted by Gasteiger charge is 2.25. The maximum atomic E-state index is 13.2. The smallest absolute Gasteiger partial charge is 0.262 e. The molecule has 7 nitrogen and oxygen atoms in total. The van der Waals surface area contributed by atoms with E-state index < -0.39 is 0 Å². The van der Waals surface area contributed by atoms with E-state index in [1.807, 2.05) is 20.8 Å². The lowest BCUT2D eigenvalue weighted by atomic mass is 10.2. The van der Waals surface area contributed by atoms with Gasteiger partial charge in [-0.15, -0.1) is 0 Å². The zero-order valence-corrected chi connectivity index (χ0v) is 19.2. The Bertz CT molecular complexity index is 944. The number of ether oxygens (including phenoxy) is 2. The van der Waals surface area contributed by atoms with Crippen molar-refractivity contribution in [2.75, 3.05) is 32.9 Å². The predicted octanol–water partition coefficient (Wildman–Crippen LogP) is 3.20. The van der Waals surface area contributed by atoms with Gasteiger partial charge >= 0.3 is 0 Å². The number of carbonyl (C=O) groups is 1. The molecule has 1 saturated heterocycles. The van der Waals surface area contributed by atoms with Crippen molar-refractivity contribution in [1.82, 2.24) is 14.5 Å². The summed E-state index contributed by atoms with van der Waals surface area (Å²) in [6.07, 6.45) is 0.816. The van der Waals surface area contributed by atoms with Gasteiger partial charge in [-0.25, -0.2) is 4.98 Å². The van der Waals surface area contributed by atoms with Gasteiger partial charge in [0, 0.05) is 31.3 Å². The Labute approximate surface area is 185 Å². The molecule has 2 heterocycles. The van der Waals surface area contributed by atoms with E-state index in [0.717, 1.165) is 0 Å². The minimum atomic E-state index is -0.371. The summed E-state index contributed by atoms with van der Waals surface area (Å²) in [6, 6.07) is 5.07. The molecule has 0 bridgehead atoms. The molecular formula is C21H28ClN3O4S. The molecular weight excluding hydrogens is 426 g/mol. The Morgan fingerprint density at radius 1 is 1.30 bits per heavy atom. The van der Waals surface area contributed by atoms with Gasteiger partial charge in [0.1, 0.15) is 0 Å². The van der Waals surface area contributed by atoms with Gasteiger partial charge in [-0.05, 0) is 45.4 Å². The van der Waals surface area contributed by atoms with Crippen LogP contribution < -0.4 is 5.56 Å². The fourth-order valence-corrected chi connectivity index (χ4v) is 4.44. The Balaban J connectivity index is 1.86. The average molecular weight is 454 g/mol. The number of aromatic nitrogens is 2. The Morgan fingerprint density at radius 3 is 2.73 bits per heavy atom. The summed E-state index contributed by atoms with van der Waals surface area (Å²) in [5, 5.41) is 1.18. The lowest BCUT2D eigenvalue weighted by molar-refractivity contribution is -0.134. The molecule has 1 atom stereocenters. The summed E-state index contributed by atoms with van der Waals surface area (Å²) in [4.78, 5) is 32.5. The predicted molar refractivity (Wildman–Crippen MR) is 119 cm³/mol. The van der Waals surface area contributed by atoms with Crippen LogP contribution in [0, 0.1) is 0 Å². The Kier molecular flexibility index (Phi) is 8.16. The van der Waals surface area contributed by atoms with Crippen molar-refractivity contribution in [3.8, 4) is 0 Å². The van der Waals surface area contributed by atoms with Crippen molar-refractivity contribution in [3.05, 3.63) is 33.6 Å². The first kappa shape index (κ1) is 23.1. The van der Waals surface area contributed by atoms with E-state index in [1.165, 1.54) is 11.8 Å². The molecule has 0 aliphatic carbocycles. The van der Waals surface area contributed by atoms with Crippen LogP contribution in [-0.4, -0.2) is 64.6 Å². The lowest BCUT2D eigenvalue weighted by Gasteiger charge is -2.29. The molecule has 1 fully saturated rings. The molecule has 0 spiro atoms. The fraction of sp³-hybridized carbons (Fsp3) is 0.571. The van der Waals surface area contributed by atoms with Crippen molar-refractivity contribution >= 4 is 40.2 Å². The molecule has 0 radical (unpaired) electrons. The van der Waals surface area contributed by atoms with E-state index in [1.54, 1.807) is 27.7 Å². The second-order valence-electron chi connectivity index (χ2n) is 7.48. The third kappa shape index (κ3) is 5.75. The number of fused-ring (bicyclic) bond motifs is 1. The second-order valence-corrected chi connectivity index (χ2v) is 9.23. The van der Waals surface area contributed by atoms with E-state index in [-0.39, 0.29) is 22.8 Å². The van der Waals surface area contributed by atoms with Crippen molar-refractivity contribution < 1.29 is 14.3 Å². The number of thioether (sulfide) groups is 1. The standard InChI is InChI=1S/C21H28ClN3O4S/c1-14(2)29-10-4-7-25-20(27)17-6-5-16(22)13-18(17)23-21(25)30-15(3)19(26)24-8-11-28-12-9-24/h5-6,13-15H,4,7-12H2,1-3H3. The number of morpholine rings is 1. The van der Waals surface area contributed by atoms with Gasteiger partial charge in [-0.3, -0.25) is 14.2 Å². The zero-order chi connectivity index (χ0) is 21.7. The molecule has 30 heavy (non-hydrogen) atoms. The minimum absolute atomic E-state index is 0.0263. The third-order valence-corrected chi connectivity index (χ3v) is 6.13. The highest BCUT2D eigenvalue weighted by molar-refractivity contribution is 8.00. The Morgan fingerprint density at radius 2 is 2.03 bits per heavy atom. The van der Waals surface area contributed by atoms with Gasteiger partial charge in [0.2, 0.25) is 5.91 Å². The van der Waals surface area contributed by atoms with Crippen LogP contribution in [0.3, 0.4) is 0 Å². The van der Waals surface area contributed by atoms with Crippen LogP contribution in [0.5, 0.6) is 0 Å². The quantitative estimate of drug-likeness (QED) is 0.347. The number of nitrogens with zero attached hydrogens (tertiary/aromatic N) is 3. The van der Waals surface area contributed by atoms with Crippen molar-refractivity contribution in [2.45, 2.75) is 50.2 Å². The molecule has 0 saturated carbocycles. The second kappa shape index (κ2) is 10.6. The molecule has 1 unspecified atom stereocenters. The normalized spacial score (nSPS) is 15.7. The van der Waals surface area contributed by atoms with Crippen LogP contribution in [0.2, 0.25) is 5.02 Å². The van der Waals surface area contributed by atoms with Gasteiger partial charge in [0.25, 0.3) is 5.56 Å². The largest absolute Gasteiger partial charge is 0.379 e. The summed E-state index contributed by atoms with van der Waals surface area (Å²) in [5.74, 6) is 0.0263. The molecule has 1 aromatic carbocycles. The van der Waals surface area contributed by atoms with E-state index >= 15 is 0 Å². The first-order valence-corrected chi connectivity index (χ1v) is 11.5. The highest BCUT2D eigenvalue weighted by Crippen LogP contribution is 2.25. The summed E-state index contributed by atoms with van der Waals surface area (Å²) >= 11 is 7.42.